The van der Waals surface area contributed by atoms with E-state index in [2.05, 4.69) is 5.16 Å². The van der Waals surface area contributed by atoms with Crippen molar-refractivity contribution < 1.29 is 23.6 Å². The number of piperidine rings is 1. The van der Waals surface area contributed by atoms with E-state index in [0.29, 0.717) is 44.9 Å². The number of esters is 1. The summed E-state index contributed by atoms with van der Waals surface area (Å²) in [6.45, 7) is 5.68. The van der Waals surface area contributed by atoms with Gasteiger partial charge in [-0.25, -0.2) is 0 Å². The number of carbonyl (C=O) groups excluding carboxylic acids is 2. The predicted molar refractivity (Wildman–Crippen MR) is 114 cm³/mol. The lowest BCUT2D eigenvalue weighted by molar-refractivity contribution is -0.162. The van der Waals surface area contributed by atoms with Crippen LogP contribution in [0.15, 0.2) is 34.9 Å². The first kappa shape index (κ1) is 21.6. The van der Waals surface area contributed by atoms with Crippen LogP contribution >= 0.6 is 0 Å². The quantitative estimate of drug-likeness (QED) is 0.657. The second-order valence-electron chi connectivity index (χ2n) is 8.59. The minimum absolute atomic E-state index is 0.0242. The number of carbonyl (C=O) groups is 2. The Hall–Kier alpha value is -2.67. The number of hydrogen-bond acceptors (Lipinski definition) is 6. The Kier molecular flexibility index (Phi) is 6.41. The number of benzene rings is 1. The second kappa shape index (κ2) is 9.22. The van der Waals surface area contributed by atoms with Gasteiger partial charge in [0.05, 0.1) is 12.0 Å². The second-order valence-corrected chi connectivity index (χ2v) is 8.59. The van der Waals surface area contributed by atoms with E-state index in [-0.39, 0.29) is 11.9 Å². The number of nitrogens with zero attached hydrogens (tertiary/aromatic N) is 2. The van der Waals surface area contributed by atoms with E-state index in [0.717, 1.165) is 36.1 Å². The molecule has 2 aromatic rings. The Balaban J connectivity index is 1.56. The van der Waals surface area contributed by atoms with Crippen molar-refractivity contribution in [3.63, 3.8) is 0 Å². The predicted octanol–water partition coefficient (Wildman–Crippen LogP) is 3.54. The van der Waals surface area contributed by atoms with Gasteiger partial charge < -0.3 is 18.9 Å². The summed E-state index contributed by atoms with van der Waals surface area (Å²) >= 11 is 0. The van der Waals surface area contributed by atoms with Gasteiger partial charge in [0.15, 0.2) is 0 Å². The lowest BCUT2D eigenvalue weighted by Crippen LogP contribution is -2.53. The van der Waals surface area contributed by atoms with Gasteiger partial charge >= 0.3 is 5.97 Å². The fourth-order valence-corrected chi connectivity index (χ4v) is 4.63. The summed E-state index contributed by atoms with van der Waals surface area (Å²) in [4.78, 5) is 27.8. The van der Waals surface area contributed by atoms with Gasteiger partial charge in [-0.2, -0.15) is 0 Å². The van der Waals surface area contributed by atoms with Crippen LogP contribution < -0.4 is 0 Å². The number of amides is 1. The maximum atomic E-state index is 13.1. The number of likely N-dealkylation sites (tertiary alicyclic amines) is 1. The Morgan fingerprint density at radius 3 is 2.90 bits per heavy atom. The lowest BCUT2D eigenvalue weighted by atomic mass is 9.76. The largest absolute Gasteiger partial charge is 0.466 e. The fourth-order valence-electron chi connectivity index (χ4n) is 4.63. The van der Waals surface area contributed by atoms with Crippen molar-refractivity contribution in [3.05, 3.63) is 41.7 Å². The van der Waals surface area contributed by atoms with Crippen LogP contribution in [-0.4, -0.2) is 54.3 Å². The van der Waals surface area contributed by atoms with Crippen LogP contribution in [0.25, 0.3) is 11.3 Å². The topological polar surface area (TPSA) is 81.9 Å². The Morgan fingerprint density at radius 1 is 1.29 bits per heavy atom. The summed E-state index contributed by atoms with van der Waals surface area (Å²) < 4.78 is 16.7. The first-order chi connectivity index (χ1) is 15.0. The number of hydrogen-bond donors (Lipinski definition) is 0. The van der Waals surface area contributed by atoms with E-state index in [1.807, 2.05) is 37.3 Å². The van der Waals surface area contributed by atoms with E-state index in [1.54, 1.807) is 11.8 Å². The van der Waals surface area contributed by atoms with Crippen molar-refractivity contribution in [2.75, 3.05) is 26.3 Å². The molecule has 2 aliphatic rings. The van der Waals surface area contributed by atoms with E-state index in [9.17, 15) is 9.59 Å². The highest BCUT2D eigenvalue weighted by Crippen LogP contribution is 2.37. The lowest BCUT2D eigenvalue weighted by Gasteiger charge is -2.41. The summed E-state index contributed by atoms with van der Waals surface area (Å²) in [6, 6.07) is 9.93. The van der Waals surface area contributed by atoms with E-state index >= 15 is 0 Å². The first-order valence-corrected chi connectivity index (χ1v) is 11.1. The summed E-state index contributed by atoms with van der Waals surface area (Å²) in [7, 11) is 0. The molecule has 0 bridgehead atoms. The summed E-state index contributed by atoms with van der Waals surface area (Å²) in [5.74, 6) is 0.313. The fraction of sp³-hybridized carbons (Fsp3) is 0.542. The van der Waals surface area contributed by atoms with Gasteiger partial charge in [0.2, 0.25) is 0 Å². The van der Waals surface area contributed by atoms with Crippen LogP contribution in [0.2, 0.25) is 0 Å². The molecule has 7 nitrogen and oxygen atoms in total. The molecule has 4 rings (SSSR count). The minimum Gasteiger partial charge on any atom is -0.466 e. The molecule has 3 heterocycles. The highest BCUT2D eigenvalue weighted by atomic mass is 16.5. The molecular weight excluding hydrogens is 396 g/mol. The average Bonchev–Trinajstić information content (AvgIpc) is 3.46. The SMILES string of the molecule is CCOC(=O)[C@]1(Cc2cc(-c3cccc(C)c3)no2)CCCN(C(=O)[C@@H]2CCCO2)C1. The Morgan fingerprint density at radius 2 is 2.16 bits per heavy atom. The molecule has 1 aromatic heterocycles. The molecule has 166 valence electrons. The summed E-state index contributed by atoms with van der Waals surface area (Å²) in [5, 5.41) is 4.22. The number of rotatable bonds is 6. The van der Waals surface area contributed by atoms with Gasteiger partial charge in [0, 0.05) is 37.7 Å². The molecule has 2 aliphatic heterocycles. The minimum atomic E-state index is -0.841. The summed E-state index contributed by atoms with van der Waals surface area (Å²) in [5.41, 5.74) is 2.01. The average molecular weight is 427 g/mol. The highest BCUT2D eigenvalue weighted by Gasteiger charge is 2.46. The molecular formula is C24H30N2O5. The van der Waals surface area contributed by atoms with Crippen LogP contribution in [0, 0.1) is 12.3 Å². The third-order valence-electron chi connectivity index (χ3n) is 6.19. The zero-order chi connectivity index (χ0) is 21.8. The third kappa shape index (κ3) is 4.66. The maximum absolute atomic E-state index is 13.1. The van der Waals surface area contributed by atoms with Gasteiger partial charge in [-0.05, 0) is 45.6 Å². The molecule has 2 fully saturated rings. The number of aryl methyl sites for hydroxylation is 1. The van der Waals surface area contributed by atoms with E-state index in [1.165, 1.54) is 0 Å². The zero-order valence-electron chi connectivity index (χ0n) is 18.3. The molecule has 31 heavy (non-hydrogen) atoms. The molecule has 0 radical (unpaired) electrons. The van der Waals surface area contributed by atoms with Crippen LogP contribution in [0.4, 0.5) is 0 Å². The van der Waals surface area contributed by atoms with Gasteiger partial charge in [0.25, 0.3) is 5.91 Å². The Labute approximate surface area is 182 Å². The monoisotopic (exact) mass is 426 g/mol. The van der Waals surface area contributed by atoms with Gasteiger partial charge in [0.1, 0.15) is 17.6 Å². The molecule has 2 saturated heterocycles. The molecule has 7 heteroatoms. The van der Waals surface area contributed by atoms with E-state index < -0.39 is 11.5 Å². The molecule has 1 amide bonds. The van der Waals surface area contributed by atoms with Crippen molar-refractivity contribution in [2.24, 2.45) is 5.41 Å². The zero-order valence-corrected chi connectivity index (χ0v) is 18.3. The van der Waals surface area contributed by atoms with Gasteiger partial charge in [-0.15, -0.1) is 0 Å². The molecule has 2 atom stereocenters. The number of ether oxygens (including phenoxy) is 2. The normalized spacial score (nSPS) is 23.7. The van der Waals surface area contributed by atoms with E-state index in [4.69, 9.17) is 14.0 Å². The van der Waals surface area contributed by atoms with Crippen molar-refractivity contribution in [1.82, 2.24) is 10.1 Å². The van der Waals surface area contributed by atoms with Crippen molar-refractivity contribution in [2.45, 2.75) is 52.1 Å². The molecule has 0 aliphatic carbocycles. The standard InChI is InChI=1S/C24H30N2O5/c1-3-29-23(28)24(10-6-11-26(16-24)22(27)21-9-5-12-30-21)15-19-14-20(25-31-19)18-8-4-7-17(2)13-18/h4,7-8,13-14,21H,3,5-6,9-12,15-16H2,1-2H3/t21-,24-/m0/s1. The molecule has 0 spiro atoms. The van der Waals surface area contributed by atoms with Crippen molar-refractivity contribution >= 4 is 11.9 Å². The molecule has 0 unspecified atom stereocenters. The van der Waals surface area contributed by atoms with Crippen LogP contribution in [0.1, 0.15) is 43.9 Å². The molecule has 0 N–H and O–H groups in total. The van der Waals surface area contributed by atoms with Gasteiger partial charge in [-0.1, -0.05) is 28.9 Å². The Bertz CT molecular complexity index is 934. The third-order valence-corrected chi connectivity index (χ3v) is 6.19. The molecule has 1 aromatic carbocycles. The van der Waals surface area contributed by atoms with Crippen molar-refractivity contribution in [3.8, 4) is 11.3 Å². The highest BCUT2D eigenvalue weighted by molar-refractivity contribution is 5.83. The van der Waals surface area contributed by atoms with Crippen LogP contribution in [-0.2, 0) is 25.5 Å². The number of aromatic nitrogens is 1. The first-order valence-electron chi connectivity index (χ1n) is 11.1. The van der Waals surface area contributed by atoms with Crippen LogP contribution in [0.3, 0.4) is 0 Å². The summed E-state index contributed by atoms with van der Waals surface area (Å²) in [6.07, 6.45) is 2.96. The van der Waals surface area contributed by atoms with Crippen molar-refractivity contribution in [1.29, 1.82) is 0 Å². The van der Waals surface area contributed by atoms with Gasteiger partial charge in [-0.3, -0.25) is 9.59 Å². The van der Waals surface area contributed by atoms with Crippen LogP contribution in [0.5, 0.6) is 0 Å². The smallest absolute Gasteiger partial charge is 0.314 e. The molecule has 0 saturated carbocycles. The maximum Gasteiger partial charge on any atom is 0.314 e.